The van der Waals surface area contributed by atoms with Crippen molar-refractivity contribution in [1.82, 2.24) is 0 Å². The second-order valence-corrected chi connectivity index (χ2v) is 13.4. The molecule has 8 aromatic carbocycles. The molecule has 2 heteroatoms. The van der Waals surface area contributed by atoms with Gasteiger partial charge in [0.15, 0.2) is 0 Å². The summed E-state index contributed by atoms with van der Waals surface area (Å²) < 4.78 is 6.21. The van der Waals surface area contributed by atoms with Gasteiger partial charge in [-0.3, -0.25) is 0 Å². The minimum Gasteiger partial charge on any atom is -0.456 e. The summed E-state index contributed by atoms with van der Waals surface area (Å²) in [6, 6.07) is 55.5. The SMILES string of the molecule is CC1(C)c2ccccc2-c2cc(N(c3ccc4ccccc4c3)c3ccc4c(ccc5cc6oc7ccccc7c6cc54)c3)ccc21. The Morgan fingerprint density at radius 3 is 1.94 bits per heavy atom. The highest BCUT2D eigenvalue weighted by Crippen LogP contribution is 2.51. The maximum absolute atomic E-state index is 6.21. The standard InChI is InChI=1S/C45H31NO/c1-45(2)41-13-7-5-11-36(41)39-26-34(20-22-42(39)45)46(32-18-17-28-9-3-4-10-29(28)23-32)33-19-21-35-30(24-33)15-16-31-25-44-40(27-38(31)35)37-12-6-8-14-43(37)47-44/h3-27H,1-2H3. The first-order valence-electron chi connectivity index (χ1n) is 16.3. The molecule has 0 fully saturated rings. The number of nitrogens with zero attached hydrogens (tertiary/aromatic N) is 1. The van der Waals surface area contributed by atoms with Gasteiger partial charge in [0.25, 0.3) is 0 Å². The molecule has 2 nitrogen and oxygen atoms in total. The van der Waals surface area contributed by atoms with E-state index >= 15 is 0 Å². The molecule has 47 heavy (non-hydrogen) atoms. The molecule has 1 heterocycles. The monoisotopic (exact) mass is 601 g/mol. The Bertz CT molecular complexity index is 2730. The minimum atomic E-state index is -0.0338. The molecule has 1 aliphatic carbocycles. The molecular weight excluding hydrogens is 571 g/mol. The second kappa shape index (κ2) is 9.57. The molecular formula is C45H31NO. The summed E-state index contributed by atoms with van der Waals surface area (Å²) >= 11 is 0. The van der Waals surface area contributed by atoms with Gasteiger partial charge in [0.2, 0.25) is 0 Å². The summed E-state index contributed by atoms with van der Waals surface area (Å²) in [6.45, 7) is 4.68. The van der Waals surface area contributed by atoms with Gasteiger partial charge >= 0.3 is 0 Å². The van der Waals surface area contributed by atoms with Crippen molar-refractivity contribution >= 4 is 71.3 Å². The molecule has 222 valence electrons. The minimum absolute atomic E-state index is 0.0338. The summed E-state index contributed by atoms with van der Waals surface area (Å²) in [5, 5.41) is 9.65. The molecule has 0 aliphatic heterocycles. The van der Waals surface area contributed by atoms with Crippen LogP contribution >= 0.6 is 0 Å². The van der Waals surface area contributed by atoms with Crippen molar-refractivity contribution in [2.24, 2.45) is 0 Å². The van der Waals surface area contributed by atoms with Crippen molar-refractivity contribution in [3.63, 3.8) is 0 Å². The highest BCUT2D eigenvalue weighted by Gasteiger charge is 2.35. The Balaban J connectivity index is 1.19. The van der Waals surface area contributed by atoms with E-state index in [9.17, 15) is 0 Å². The van der Waals surface area contributed by atoms with Gasteiger partial charge in [-0.1, -0.05) is 111 Å². The summed E-state index contributed by atoms with van der Waals surface area (Å²) in [5.41, 5.74) is 10.7. The van der Waals surface area contributed by atoms with Crippen LogP contribution in [0.4, 0.5) is 17.1 Å². The molecule has 0 spiro atoms. The molecule has 0 atom stereocenters. The number of rotatable bonds is 3. The lowest BCUT2D eigenvalue weighted by atomic mass is 9.82. The molecule has 10 rings (SSSR count). The number of benzene rings is 8. The van der Waals surface area contributed by atoms with E-state index in [1.165, 1.54) is 54.6 Å². The van der Waals surface area contributed by atoms with Crippen LogP contribution in [0.3, 0.4) is 0 Å². The zero-order chi connectivity index (χ0) is 31.3. The molecule has 0 saturated heterocycles. The molecule has 0 N–H and O–H groups in total. The Morgan fingerprint density at radius 2 is 1.04 bits per heavy atom. The van der Waals surface area contributed by atoms with Crippen LogP contribution in [0.15, 0.2) is 156 Å². The van der Waals surface area contributed by atoms with Gasteiger partial charge in [-0.05, 0) is 109 Å². The van der Waals surface area contributed by atoms with Gasteiger partial charge in [0, 0.05) is 33.2 Å². The number of fused-ring (bicyclic) bond motifs is 10. The van der Waals surface area contributed by atoms with E-state index in [1.807, 2.05) is 12.1 Å². The largest absolute Gasteiger partial charge is 0.456 e. The predicted octanol–water partition coefficient (Wildman–Crippen LogP) is 12.8. The quantitative estimate of drug-likeness (QED) is 0.187. The van der Waals surface area contributed by atoms with E-state index in [1.54, 1.807) is 0 Å². The maximum Gasteiger partial charge on any atom is 0.136 e. The average molecular weight is 602 g/mol. The maximum atomic E-state index is 6.21. The number of para-hydroxylation sites is 1. The summed E-state index contributed by atoms with van der Waals surface area (Å²) in [7, 11) is 0. The number of anilines is 3. The van der Waals surface area contributed by atoms with Crippen LogP contribution in [-0.4, -0.2) is 0 Å². The Morgan fingerprint density at radius 1 is 0.404 bits per heavy atom. The second-order valence-electron chi connectivity index (χ2n) is 13.4. The lowest BCUT2D eigenvalue weighted by Gasteiger charge is -2.28. The fourth-order valence-electron chi connectivity index (χ4n) is 8.02. The fraction of sp³-hybridized carbons (Fsp3) is 0.0667. The molecule has 0 radical (unpaired) electrons. The van der Waals surface area contributed by atoms with E-state index in [0.717, 1.165) is 39.0 Å². The number of hydrogen-bond acceptors (Lipinski definition) is 2. The topological polar surface area (TPSA) is 16.4 Å². The third-order valence-corrected chi connectivity index (χ3v) is 10.4. The summed E-state index contributed by atoms with van der Waals surface area (Å²) in [4.78, 5) is 2.41. The van der Waals surface area contributed by atoms with E-state index in [0.29, 0.717) is 0 Å². The van der Waals surface area contributed by atoms with Crippen LogP contribution in [0.5, 0.6) is 0 Å². The van der Waals surface area contributed by atoms with Crippen LogP contribution in [0.1, 0.15) is 25.0 Å². The van der Waals surface area contributed by atoms with Gasteiger partial charge in [-0.2, -0.15) is 0 Å². The van der Waals surface area contributed by atoms with Crippen molar-refractivity contribution in [2.75, 3.05) is 4.90 Å². The Kier molecular flexibility index (Phi) is 5.37. The smallest absolute Gasteiger partial charge is 0.136 e. The Hall–Kier alpha value is -5.86. The van der Waals surface area contributed by atoms with Gasteiger partial charge in [-0.25, -0.2) is 0 Å². The van der Waals surface area contributed by atoms with Crippen molar-refractivity contribution in [3.8, 4) is 11.1 Å². The van der Waals surface area contributed by atoms with Crippen molar-refractivity contribution < 1.29 is 4.42 Å². The van der Waals surface area contributed by atoms with Crippen LogP contribution in [0.25, 0.3) is 65.4 Å². The van der Waals surface area contributed by atoms with Gasteiger partial charge in [-0.15, -0.1) is 0 Å². The lowest BCUT2D eigenvalue weighted by Crippen LogP contribution is -2.15. The fourth-order valence-corrected chi connectivity index (χ4v) is 8.02. The molecule has 1 aromatic heterocycles. The molecule has 0 saturated carbocycles. The molecule has 0 unspecified atom stereocenters. The Labute approximate surface area is 273 Å². The average Bonchev–Trinajstić information content (AvgIpc) is 3.58. The van der Waals surface area contributed by atoms with E-state index in [4.69, 9.17) is 4.42 Å². The van der Waals surface area contributed by atoms with Gasteiger partial charge < -0.3 is 9.32 Å². The molecule has 9 aromatic rings. The van der Waals surface area contributed by atoms with Crippen LogP contribution in [0, 0.1) is 0 Å². The number of furan rings is 1. The summed E-state index contributed by atoms with van der Waals surface area (Å²) in [6.07, 6.45) is 0. The van der Waals surface area contributed by atoms with E-state index in [-0.39, 0.29) is 5.41 Å². The lowest BCUT2D eigenvalue weighted by molar-refractivity contribution is 0.660. The van der Waals surface area contributed by atoms with E-state index in [2.05, 4.69) is 158 Å². The first-order valence-corrected chi connectivity index (χ1v) is 16.3. The zero-order valence-electron chi connectivity index (χ0n) is 26.3. The predicted molar refractivity (Wildman–Crippen MR) is 198 cm³/mol. The van der Waals surface area contributed by atoms with Gasteiger partial charge in [0.1, 0.15) is 11.2 Å². The highest BCUT2D eigenvalue weighted by atomic mass is 16.3. The van der Waals surface area contributed by atoms with Gasteiger partial charge in [0.05, 0.1) is 0 Å². The normalized spacial score (nSPS) is 13.5. The van der Waals surface area contributed by atoms with Crippen LogP contribution in [-0.2, 0) is 5.41 Å². The van der Waals surface area contributed by atoms with Crippen molar-refractivity contribution in [3.05, 3.63) is 163 Å². The third-order valence-electron chi connectivity index (χ3n) is 10.4. The highest BCUT2D eigenvalue weighted by molar-refractivity contribution is 6.16. The summed E-state index contributed by atoms with van der Waals surface area (Å²) in [5.74, 6) is 0. The first-order chi connectivity index (χ1) is 23.0. The molecule has 0 amide bonds. The van der Waals surface area contributed by atoms with Crippen LogP contribution < -0.4 is 4.90 Å². The van der Waals surface area contributed by atoms with Crippen LogP contribution in [0.2, 0.25) is 0 Å². The van der Waals surface area contributed by atoms with E-state index < -0.39 is 0 Å². The number of hydrogen-bond donors (Lipinski definition) is 0. The van der Waals surface area contributed by atoms with Crippen molar-refractivity contribution in [2.45, 2.75) is 19.3 Å². The first kappa shape index (κ1) is 26.4. The zero-order valence-corrected chi connectivity index (χ0v) is 26.3. The third kappa shape index (κ3) is 3.85. The molecule has 1 aliphatic rings. The molecule has 0 bridgehead atoms. The van der Waals surface area contributed by atoms with Crippen molar-refractivity contribution in [1.29, 1.82) is 0 Å².